The number of amides is 2. The minimum atomic E-state index is -1.22. The average molecular weight is 565 g/mol. The van der Waals surface area contributed by atoms with Crippen LogP contribution in [-0.2, 0) is 16.0 Å². The Morgan fingerprint density at radius 2 is 1.90 bits per heavy atom. The van der Waals surface area contributed by atoms with E-state index in [1.165, 1.54) is 24.2 Å². The van der Waals surface area contributed by atoms with Crippen molar-refractivity contribution in [2.24, 2.45) is 0 Å². The van der Waals surface area contributed by atoms with Crippen molar-refractivity contribution in [2.75, 3.05) is 33.9 Å². The Balaban J connectivity index is 1.79. The molecule has 0 saturated heterocycles. The third-order valence-electron chi connectivity index (χ3n) is 7.36. The molecule has 218 valence electrons. The van der Waals surface area contributed by atoms with Crippen LogP contribution in [0.15, 0.2) is 60.2 Å². The van der Waals surface area contributed by atoms with Crippen molar-refractivity contribution in [3.63, 3.8) is 0 Å². The summed E-state index contributed by atoms with van der Waals surface area (Å²) in [5.74, 6) is -0.230. The molecule has 2 amide bonds. The zero-order chi connectivity index (χ0) is 29.5. The summed E-state index contributed by atoms with van der Waals surface area (Å²) in [7, 11) is 3.02. The molecule has 4 rings (SSSR count). The lowest BCUT2D eigenvalue weighted by Crippen LogP contribution is -2.56. The molecule has 1 aliphatic heterocycles. The lowest BCUT2D eigenvalue weighted by molar-refractivity contribution is -0.132. The molecule has 0 unspecified atom stereocenters. The quantitative estimate of drug-likeness (QED) is 0.264. The van der Waals surface area contributed by atoms with Crippen molar-refractivity contribution >= 4 is 18.1 Å². The molecular weight excluding hydrogens is 528 g/mol. The Hall–Kier alpha value is -4.15. The molecular formula is C31H36N2O8. The molecule has 0 aromatic heterocycles. The number of nitrogens with one attached hydrogen (secondary N) is 1. The van der Waals surface area contributed by atoms with E-state index >= 15 is 0 Å². The maximum Gasteiger partial charge on any atom is 0.247 e. The lowest BCUT2D eigenvalue weighted by Gasteiger charge is -2.40. The zero-order valence-corrected chi connectivity index (χ0v) is 23.4. The van der Waals surface area contributed by atoms with E-state index in [1.54, 1.807) is 25.3 Å². The highest BCUT2D eigenvalue weighted by Crippen LogP contribution is 2.51. The third-order valence-corrected chi connectivity index (χ3v) is 7.36. The molecule has 1 aliphatic carbocycles. The predicted molar refractivity (Wildman–Crippen MR) is 151 cm³/mol. The van der Waals surface area contributed by atoms with E-state index in [2.05, 4.69) is 5.32 Å². The van der Waals surface area contributed by atoms with E-state index in [1.807, 2.05) is 31.2 Å². The summed E-state index contributed by atoms with van der Waals surface area (Å²) >= 11 is 0. The second-order valence-electron chi connectivity index (χ2n) is 9.81. The maximum absolute atomic E-state index is 13.5. The molecule has 0 bridgehead atoms. The van der Waals surface area contributed by atoms with Gasteiger partial charge in [0.1, 0.15) is 24.2 Å². The molecule has 0 saturated carbocycles. The van der Waals surface area contributed by atoms with Crippen LogP contribution < -0.4 is 19.5 Å². The Kier molecular flexibility index (Phi) is 9.80. The minimum Gasteiger partial charge on any atom is -0.496 e. The summed E-state index contributed by atoms with van der Waals surface area (Å²) in [6.07, 6.45) is 4.39. The largest absolute Gasteiger partial charge is 0.496 e. The predicted octanol–water partition coefficient (Wildman–Crippen LogP) is 2.18. The summed E-state index contributed by atoms with van der Waals surface area (Å²) in [6, 6.07) is 9.72. The van der Waals surface area contributed by atoms with Gasteiger partial charge in [0, 0.05) is 29.8 Å². The number of allylic oxidation sites excluding steroid dienone is 1. The Morgan fingerprint density at radius 1 is 1.15 bits per heavy atom. The number of carbonyl (C=O) groups is 3. The number of carbonyl (C=O) groups excluding carboxylic acids is 3. The van der Waals surface area contributed by atoms with Crippen LogP contribution in [0.3, 0.4) is 0 Å². The van der Waals surface area contributed by atoms with Gasteiger partial charge in [-0.05, 0) is 48.8 Å². The molecule has 4 atom stereocenters. The molecule has 2 aromatic carbocycles. The van der Waals surface area contributed by atoms with Crippen LogP contribution >= 0.6 is 0 Å². The van der Waals surface area contributed by atoms with Crippen molar-refractivity contribution in [3.8, 4) is 17.2 Å². The van der Waals surface area contributed by atoms with Gasteiger partial charge < -0.3 is 34.6 Å². The molecule has 1 heterocycles. The number of hydrogen-bond donors (Lipinski definition) is 3. The van der Waals surface area contributed by atoms with E-state index in [0.717, 1.165) is 5.56 Å². The number of ether oxygens (including phenoxy) is 3. The number of aldehydes is 1. The minimum absolute atomic E-state index is 0.0158. The van der Waals surface area contributed by atoms with Crippen LogP contribution in [0.1, 0.15) is 40.7 Å². The van der Waals surface area contributed by atoms with Gasteiger partial charge in [0.2, 0.25) is 11.8 Å². The fourth-order valence-corrected chi connectivity index (χ4v) is 5.43. The van der Waals surface area contributed by atoms with Gasteiger partial charge in [0.05, 0.1) is 32.8 Å². The Morgan fingerprint density at radius 3 is 2.59 bits per heavy atom. The van der Waals surface area contributed by atoms with Crippen molar-refractivity contribution in [1.82, 2.24) is 10.2 Å². The number of nitrogens with zero attached hydrogens (tertiary/aromatic N) is 1. The van der Waals surface area contributed by atoms with Crippen LogP contribution in [0.25, 0.3) is 0 Å². The molecule has 41 heavy (non-hydrogen) atoms. The second kappa shape index (κ2) is 13.5. The van der Waals surface area contributed by atoms with Crippen LogP contribution in [0, 0.1) is 0 Å². The Labute approximate surface area is 239 Å². The number of aliphatic hydroxyl groups is 2. The lowest BCUT2D eigenvalue weighted by atomic mass is 9.77. The van der Waals surface area contributed by atoms with E-state index in [0.29, 0.717) is 47.5 Å². The molecule has 10 heteroatoms. The van der Waals surface area contributed by atoms with Gasteiger partial charge in [-0.2, -0.15) is 0 Å². The SMILES string of the molecule is CCC=CC(=O)N(CCc1ccccc1OC)[C@@H]1C=C(C(=O)NCCO)[C@@H]2c3cc(C=O)cc(OC)c3O[C@@H]2[C@H]1O. The van der Waals surface area contributed by atoms with E-state index in [-0.39, 0.29) is 31.2 Å². The van der Waals surface area contributed by atoms with Crippen LogP contribution in [0.2, 0.25) is 0 Å². The monoisotopic (exact) mass is 564 g/mol. The fraction of sp³-hybridized carbons (Fsp3) is 0.387. The molecule has 2 aliphatic rings. The van der Waals surface area contributed by atoms with Gasteiger partial charge >= 0.3 is 0 Å². The van der Waals surface area contributed by atoms with Crippen molar-refractivity contribution in [1.29, 1.82) is 0 Å². The summed E-state index contributed by atoms with van der Waals surface area (Å²) in [5, 5.41) is 23.7. The third kappa shape index (κ3) is 6.13. The van der Waals surface area contributed by atoms with Gasteiger partial charge in [-0.3, -0.25) is 14.4 Å². The maximum atomic E-state index is 13.5. The first-order chi connectivity index (χ1) is 19.9. The van der Waals surface area contributed by atoms with Gasteiger partial charge in [-0.1, -0.05) is 31.2 Å². The number of rotatable bonds is 12. The van der Waals surface area contributed by atoms with Crippen molar-refractivity contribution < 1.29 is 38.8 Å². The van der Waals surface area contributed by atoms with E-state index in [4.69, 9.17) is 14.2 Å². The normalized spacial score (nSPS) is 20.9. The molecule has 0 spiro atoms. The first kappa shape index (κ1) is 29.8. The number of fused-ring (bicyclic) bond motifs is 3. The topological polar surface area (TPSA) is 135 Å². The highest BCUT2D eigenvalue weighted by Gasteiger charge is 2.51. The van der Waals surface area contributed by atoms with Gasteiger partial charge in [0.15, 0.2) is 11.5 Å². The number of hydrogen-bond acceptors (Lipinski definition) is 8. The van der Waals surface area contributed by atoms with Crippen LogP contribution in [-0.4, -0.2) is 85.4 Å². The average Bonchev–Trinajstić information content (AvgIpc) is 3.39. The highest BCUT2D eigenvalue weighted by atomic mass is 16.5. The molecule has 0 radical (unpaired) electrons. The van der Waals surface area contributed by atoms with E-state index < -0.39 is 30.1 Å². The highest BCUT2D eigenvalue weighted by molar-refractivity contribution is 5.97. The molecule has 10 nitrogen and oxygen atoms in total. The molecule has 0 fully saturated rings. The number of benzene rings is 2. The fourth-order valence-electron chi connectivity index (χ4n) is 5.43. The van der Waals surface area contributed by atoms with E-state index in [9.17, 15) is 24.6 Å². The summed E-state index contributed by atoms with van der Waals surface area (Å²) < 4.78 is 17.2. The smallest absolute Gasteiger partial charge is 0.247 e. The van der Waals surface area contributed by atoms with Crippen LogP contribution in [0.4, 0.5) is 0 Å². The van der Waals surface area contributed by atoms with Crippen molar-refractivity contribution in [2.45, 2.75) is 43.9 Å². The summed E-state index contributed by atoms with van der Waals surface area (Å²) in [5.41, 5.74) is 2.00. The van der Waals surface area contributed by atoms with Gasteiger partial charge in [-0.15, -0.1) is 0 Å². The number of methoxy groups -OCH3 is 2. The molecule has 2 aromatic rings. The second-order valence-corrected chi connectivity index (χ2v) is 9.81. The van der Waals surface area contributed by atoms with Crippen LogP contribution in [0.5, 0.6) is 17.2 Å². The zero-order valence-electron chi connectivity index (χ0n) is 23.4. The summed E-state index contributed by atoms with van der Waals surface area (Å²) in [6.45, 7) is 1.89. The number of aliphatic hydroxyl groups excluding tert-OH is 2. The first-order valence-corrected chi connectivity index (χ1v) is 13.6. The summed E-state index contributed by atoms with van der Waals surface area (Å²) in [4.78, 5) is 40.1. The standard InChI is InChI=1S/C31H36N2O8/c1-4-5-10-26(36)33(13-11-20-8-6-7-9-24(20)39-2)23-17-22(31(38)32-12-14-34)27-21-15-19(18-35)16-25(40-3)29(21)41-30(27)28(23)37/h5-10,15-18,23,27-28,30,34,37H,4,11-14H2,1-3H3,(H,32,38)/t23-,27+,28+,30+/m1/s1. The van der Waals surface area contributed by atoms with Crippen molar-refractivity contribution in [3.05, 3.63) is 76.9 Å². The number of para-hydroxylation sites is 1. The van der Waals surface area contributed by atoms with Gasteiger partial charge in [-0.25, -0.2) is 0 Å². The molecule has 3 N–H and O–H groups in total. The van der Waals surface area contributed by atoms with Gasteiger partial charge in [0.25, 0.3) is 0 Å². The Bertz CT molecular complexity index is 1340. The first-order valence-electron chi connectivity index (χ1n) is 13.6.